The molecule has 0 aliphatic rings. The van der Waals surface area contributed by atoms with Crippen LogP contribution in [0.15, 0.2) is 17.0 Å². The summed E-state index contributed by atoms with van der Waals surface area (Å²) in [4.78, 5) is 0.365. The van der Waals surface area contributed by atoms with Crippen molar-refractivity contribution in [2.24, 2.45) is 0 Å². The van der Waals surface area contributed by atoms with Gasteiger partial charge in [0.15, 0.2) is 9.84 Å². The van der Waals surface area contributed by atoms with E-state index >= 15 is 0 Å². The Bertz CT molecular complexity index is 610. The number of benzene rings is 1. The van der Waals surface area contributed by atoms with Crippen LogP contribution in [0, 0.1) is 11.3 Å². The molecule has 0 N–H and O–H groups in total. The highest BCUT2D eigenvalue weighted by Crippen LogP contribution is 2.32. The summed E-state index contributed by atoms with van der Waals surface area (Å²) < 4.78 is 23.9. The van der Waals surface area contributed by atoms with Crippen LogP contribution >= 0.6 is 0 Å². The van der Waals surface area contributed by atoms with Crippen LogP contribution in [0.4, 0.5) is 0 Å². The van der Waals surface area contributed by atoms with E-state index < -0.39 is 9.84 Å². The maximum Gasteiger partial charge on any atom is 0.175 e. The molecule has 1 aromatic rings. The van der Waals surface area contributed by atoms with Crippen molar-refractivity contribution in [1.82, 2.24) is 0 Å². The van der Waals surface area contributed by atoms with Gasteiger partial charge in [0.25, 0.3) is 0 Å². The van der Waals surface area contributed by atoms with E-state index in [9.17, 15) is 13.7 Å². The summed E-state index contributed by atoms with van der Waals surface area (Å²) in [6.07, 6.45) is 2.07. The van der Waals surface area contributed by atoms with Crippen molar-refractivity contribution in [2.45, 2.75) is 50.8 Å². The maximum atomic E-state index is 12.0. The fraction of sp³-hybridized carbons (Fsp3) is 0.533. The second kappa shape index (κ2) is 5.75. The van der Waals surface area contributed by atoms with E-state index in [2.05, 4.69) is 6.07 Å². The van der Waals surface area contributed by atoms with Gasteiger partial charge in [0.2, 0.25) is 0 Å². The summed E-state index contributed by atoms with van der Waals surface area (Å²) in [5, 5.41) is 9.24. The number of hydrogen-bond donors (Lipinski definition) is 0. The van der Waals surface area contributed by atoms with Crippen molar-refractivity contribution in [3.63, 3.8) is 0 Å². The zero-order valence-electron chi connectivity index (χ0n) is 12.2. The Hall–Kier alpha value is -1.34. The molecular weight excluding hydrogens is 258 g/mol. The predicted octanol–water partition coefficient (Wildman–Crippen LogP) is 3.60. The number of hydrogen-bond acceptors (Lipinski definition) is 3. The third kappa shape index (κ3) is 3.36. The summed E-state index contributed by atoms with van der Waals surface area (Å²) >= 11 is 0. The molecule has 0 aliphatic heterocycles. The van der Waals surface area contributed by atoms with Crippen molar-refractivity contribution in [2.75, 3.05) is 6.26 Å². The van der Waals surface area contributed by atoms with Crippen LogP contribution in [0.2, 0.25) is 0 Å². The van der Waals surface area contributed by atoms with Gasteiger partial charge >= 0.3 is 0 Å². The third-order valence-electron chi connectivity index (χ3n) is 3.47. The first-order valence-electron chi connectivity index (χ1n) is 6.50. The molecule has 1 aromatic carbocycles. The lowest BCUT2D eigenvalue weighted by molar-refractivity contribution is 0.597. The maximum absolute atomic E-state index is 12.0. The first-order valence-corrected chi connectivity index (χ1v) is 8.39. The Balaban J connectivity index is 3.69. The molecule has 19 heavy (non-hydrogen) atoms. The second-order valence-electron chi connectivity index (χ2n) is 5.33. The van der Waals surface area contributed by atoms with Crippen LogP contribution in [0.25, 0.3) is 0 Å². The summed E-state index contributed by atoms with van der Waals surface area (Å²) in [6.45, 7) is 7.93. The summed E-state index contributed by atoms with van der Waals surface area (Å²) in [5.41, 5.74) is 2.14. The van der Waals surface area contributed by atoms with Crippen molar-refractivity contribution in [3.8, 4) is 6.07 Å². The summed E-state index contributed by atoms with van der Waals surface area (Å²) in [7, 11) is -3.28. The van der Waals surface area contributed by atoms with Crippen LogP contribution < -0.4 is 0 Å². The van der Waals surface area contributed by atoms with E-state index in [1.165, 1.54) is 6.26 Å². The van der Waals surface area contributed by atoms with Gasteiger partial charge < -0.3 is 0 Å². The average Bonchev–Trinajstić information content (AvgIpc) is 2.34. The van der Waals surface area contributed by atoms with E-state index in [0.717, 1.165) is 17.5 Å². The minimum Gasteiger partial charge on any atom is -0.224 e. The van der Waals surface area contributed by atoms with Crippen molar-refractivity contribution in [1.29, 1.82) is 5.26 Å². The van der Waals surface area contributed by atoms with E-state index in [1.54, 1.807) is 12.1 Å². The molecule has 1 rings (SSSR count). The lowest BCUT2D eigenvalue weighted by Crippen LogP contribution is -2.08. The summed E-state index contributed by atoms with van der Waals surface area (Å²) in [6, 6.07) is 5.61. The van der Waals surface area contributed by atoms with Crippen molar-refractivity contribution < 1.29 is 8.42 Å². The highest BCUT2D eigenvalue weighted by Gasteiger charge is 2.21. The first kappa shape index (κ1) is 15.7. The van der Waals surface area contributed by atoms with Gasteiger partial charge in [-0.3, -0.25) is 0 Å². The zero-order valence-corrected chi connectivity index (χ0v) is 13.0. The van der Waals surface area contributed by atoms with Crippen LogP contribution in [0.5, 0.6) is 0 Å². The minimum absolute atomic E-state index is 0.123. The smallest absolute Gasteiger partial charge is 0.175 e. The molecule has 0 aliphatic carbocycles. The van der Waals surface area contributed by atoms with Gasteiger partial charge in [0, 0.05) is 6.26 Å². The van der Waals surface area contributed by atoms with Gasteiger partial charge in [0.1, 0.15) is 0 Å². The number of nitrogens with zero attached hydrogens (tertiary/aromatic N) is 1. The van der Waals surface area contributed by atoms with Gasteiger partial charge in [-0.1, -0.05) is 27.7 Å². The second-order valence-corrected chi connectivity index (χ2v) is 7.31. The highest BCUT2D eigenvalue weighted by molar-refractivity contribution is 7.90. The lowest BCUT2D eigenvalue weighted by atomic mass is 9.91. The Morgan fingerprint density at radius 2 is 1.79 bits per heavy atom. The van der Waals surface area contributed by atoms with E-state index in [4.69, 9.17) is 0 Å². The topological polar surface area (TPSA) is 57.9 Å². The standard InChI is InChI=1S/C15H21NO2S/c1-6-11(4)14-7-12(9-16)13(10(2)3)8-15(14)19(5,17)18/h7-8,10-11H,6H2,1-5H3. The average molecular weight is 279 g/mol. The number of rotatable bonds is 4. The Labute approximate surface area is 116 Å². The largest absolute Gasteiger partial charge is 0.224 e. The molecule has 0 radical (unpaired) electrons. The van der Waals surface area contributed by atoms with Gasteiger partial charge in [-0.05, 0) is 41.5 Å². The molecule has 0 aromatic heterocycles. The third-order valence-corrected chi connectivity index (χ3v) is 4.62. The van der Waals surface area contributed by atoms with Crippen LogP contribution in [-0.2, 0) is 9.84 Å². The highest BCUT2D eigenvalue weighted by atomic mass is 32.2. The van der Waals surface area contributed by atoms with Crippen LogP contribution in [-0.4, -0.2) is 14.7 Å². The molecule has 0 heterocycles. The molecule has 0 amide bonds. The summed E-state index contributed by atoms with van der Waals surface area (Å²) in [5.74, 6) is 0.249. The molecule has 1 atom stereocenters. The molecule has 104 valence electrons. The normalized spacial score (nSPS) is 13.3. The zero-order chi connectivity index (χ0) is 14.8. The Kier molecular flexibility index (Phi) is 4.75. The first-order chi connectivity index (χ1) is 8.72. The number of nitriles is 1. The minimum atomic E-state index is -3.28. The molecular formula is C15H21NO2S. The van der Waals surface area contributed by atoms with Gasteiger partial charge in [-0.25, -0.2) is 8.42 Å². The molecule has 0 saturated carbocycles. The van der Waals surface area contributed by atoms with Gasteiger partial charge in [-0.15, -0.1) is 0 Å². The van der Waals surface area contributed by atoms with E-state index in [0.29, 0.717) is 10.5 Å². The molecule has 0 spiro atoms. The Morgan fingerprint density at radius 1 is 1.21 bits per heavy atom. The van der Waals surface area contributed by atoms with Crippen molar-refractivity contribution in [3.05, 3.63) is 28.8 Å². The molecule has 0 fully saturated rings. The molecule has 4 heteroatoms. The Morgan fingerprint density at radius 3 is 2.16 bits per heavy atom. The van der Waals surface area contributed by atoms with Crippen molar-refractivity contribution >= 4 is 9.84 Å². The molecule has 1 unspecified atom stereocenters. The fourth-order valence-electron chi connectivity index (χ4n) is 2.11. The van der Waals surface area contributed by atoms with Crippen LogP contribution in [0.1, 0.15) is 62.6 Å². The molecule has 0 saturated heterocycles. The molecule has 0 bridgehead atoms. The van der Waals surface area contributed by atoms with Gasteiger partial charge in [0.05, 0.1) is 16.5 Å². The fourth-order valence-corrected chi connectivity index (χ4v) is 3.14. The SMILES string of the molecule is CCC(C)c1cc(C#N)c(C(C)C)cc1S(C)(=O)=O. The van der Waals surface area contributed by atoms with E-state index in [1.807, 2.05) is 27.7 Å². The van der Waals surface area contributed by atoms with E-state index in [-0.39, 0.29) is 11.8 Å². The lowest BCUT2D eigenvalue weighted by Gasteiger charge is -2.18. The quantitative estimate of drug-likeness (QED) is 0.846. The van der Waals surface area contributed by atoms with Gasteiger partial charge in [-0.2, -0.15) is 5.26 Å². The number of sulfone groups is 1. The monoisotopic (exact) mass is 279 g/mol. The molecule has 3 nitrogen and oxygen atoms in total. The predicted molar refractivity (Wildman–Crippen MR) is 77.1 cm³/mol. The van der Waals surface area contributed by atoms with Crippen LogP contribution in [0.3, 0.4) is 0 Å².